The van der Waals surface area contributed by atoms with Crippen LogP contribution in [0.25, 0.3) is 16.7 Å². The summed E-state index contributed by atoms with van der Waals surface area (Å²) in [5.74, 6) is 0.656. The largest absolute Gasteiger partial charge is 0.298 e. The van der Waals surface area contributed by atoms with Gasteiger partial charge in [0.15, 0.2) is 0 Å². The van der Waals surface area contributed by atoms with E-state index >= 15 is 0 Å². The Bertz CT molecular complexity index is 714. The minimum atomic E-state index is -0.205. The molecule has 0 atom stereocenters. The minimum absolute atomic E-state index is 0.205. The summed E-state index contributed by atoms with van der Waals surface area (Å²) in [4.78, 5) is 4.36. The second-order valence-corrected chi connectivity index (χ2v) is 4.40. The lowest BCUT2D eigenvalue weighted by atomic mass is 10.1. The van der Waals surface area contributed by atoms with E-state index in [1.54, 1.807) is 18.3 Å². The van der Waals surface area contributed by atoms with Gasteiger partial charge < -0.3 is 0 Å². The van der Waals surface area contributed by atoms with Crippen molar-refractivity contribution >= 4 is 10.9 Å². The van der Waals surface area contributed by atoms with Crippen molar-refractivity contribution < 1.29 is 4.39 Å². The van der Waals surface area contributed by atoms with Crippen LogP contribution >= 0.6 is 0 Å². The van der Waals surface area contributed by atoms with Crippen LogP contribution in [-0.2, 0) is 0 Å². The summed E-state index contributed by atoms with van der Waals surface area (Å²) in [6.45, 7) is 4.04. The quantitative estimate of drug-likeness (QED) is 0.633. The van der Waals surface area contributed by atoms with E-state index in [1.165, 1.54) is 6.07 Å². The van der Waals surface area contributed by atoms with Crippen LogP contribution < -0.4 is 0 Å². The van der Waals surface area contributed by atoms with Gasteiger partial charge in [0.2, 0.25) is 0 Å². The lowest BCUT2D eigenvalue weighted by Gasteiger charge is -2.06. The van der Waals surface area contributed by atoms with Crippen molar-refractivity contribution in [3.05, 3.63) is 59.7 Å². The van der Waals surface area contributed by atoms with Gasteiger partial charge in [-0.25, -0.2) is 9.37 Å². The molecule has 2 heterocycles. The van der Waals surface area contributed by atoms with Crippen molar-refractivity contribution in [3.8, 4) is 5.82 Å². The average Bonchev–Trinajstić information content (AvgIpc) is 2.64. The van der Waals surface area contributed by atoms with Gasteiger partial charge in [-0.3, -0.25) is 4.57 Å². The van der Waals surface area contributed by atoms with Gasteiger partial charge in [-0.1, -0.05) is 6.07 Å². The van der Waals surface area contributed by atoms with Crippen LogP contribution in [0, 0.1) is 19.7 Å². The first-order valence-electron chi connectivity index (χ1n) is 5.87. The van der Waals surface area contributed by atoms with E-state index in [-0.39, 0.29) is 5.82 Å². The molecule has 3 rings (SSSR count). The van der Waals surface area contributed by atoms with Gasteiger partial charge in [0, 0.05) is 17.3 Å². The van der Waals surface area contributed by atoms with Crippen LogP contribution in [0.3, 0.4) is 0 Å². The Balaban J connectivity index is 2.40. The maximum absolute atomic E-state index is 13.3. The van der Waals surface area contributed by atoms with Crippen molar-refractivity contribution in [2.45, 2.75) is 13.8 Å². The topological polar surface area (TPSA) is 17.8 Å². The fraction of sp³-hybridized carbons (Fsp3) is 0.133. The molecular weight excluding hydrogens is 227 g/mol. The Morgan fingerprint density at radius 2 is 1.94 bits per heavy atom. The van der Waals surface area contributed by atoms with Crippen molar-refractivity contribution in [1.82, 2.24) is 9.55 Å². The molecule has 0 radical (unpaired) electrons. The molecule has 2 nitrogen and oxygen atoms in total. The molecule has 0 aliphatic heterocycles. The maximum atomic E-state index is 13.3. The van der Waals surface area contributed by atoms with Crippen molar-refractivity contribution in [2.24, 2.45) is 0 Å². The second kappa shape index (κ2) is 3.95. The minimum Gasteiger partial charge on any atom is -0.298 e. The van der Waals surface area contributed by atoms with Gasteiger partial charge in [0.05, 0.1) is 5.52 Å². The molecule has 2 aromatic heterocycles. The first-order chi connectivity index (χ1) is 8.68. The maximum Gasteiger partial charge on any atom is 0.137 e. The molecule has 0 aliphatic rings. The van der Waals surface area contributed by atoms with Crippen molar-refractivity contribution in [1.29, 1.82) is 0 Å². The van der Waals surface area contributed by atoms with Crippen LogP contribution in [0.15, 0.2) is 42.6 Å². The van der Waals surface area contributed by atoms with E-state index < -0.39 is 0 Å². The molecule has 0 unspecified atom stereocenters. The number of pyridine rings is 1. The summed E-state index contributed by atoms with van der Waals surface area (Å²) in [5.41, 5.74) is 3.18. The molecule has 90 valence electrons. The fourth-order valence-corrected chi connectivity index (χ4v) is 2.33. The summed E-state index contributed by atoms with van der Waals surface area (Å²) in [6.07, 6.45) is 1.76. The molecule has 1 aromatic carbocycles. The lowest BCUT2D eigenvalue weighted by molar-refractivity contribution is 0.629. The Labute approximate surface area is 105 Å². The normalized spacial score (nSPS) is 11.1. The monoisotopic (exact) mass is 240 g/mol. The molecule has 0 amide bonds. The number of nitrogens with zero attached hydrogens (tertiary/aromatic N) is 2. The Morgan fingerprint density at radius 1 is 1.11 bits per heavy atom. The van der Waals surface area contributed by atoms with E-state index in [4.69, 9.17) is 0 Å². The molecule has 0 saturated heterocycles. The van der Waals surface area contributed by atoms with Crippen LogP contribution in [0.1, 0.15) is 11.3 Å². The van der Waals surface area contributed by atoms with Gasteiger partial charge in [0.1, 0.15) is 11.6 Å². The number of benzene rings is 1. The lowest BCUT2D eigenvalue weighted by Crippen LogP contribution is -1.98. The molecule has 3 heteroatoms. The predicted octanol–water partition coefficient (Wildman–Crippen LogP) is 3.78. The predicted molar refractivity (Wildman–Crippen MR) is 70.5 cm³/mol. The molecule has 0 saturated carbocycles. The zero-order chi connectivity index (χ0) is 12.7. The van der Waals surface area contributed by atoms with E-state index in [0.717, 1.165) is 28.0 Å². The molecular formula is C15H13FN2. The molecule has 0 spiro atoms. The van der Waals surface area contributed by atoms with Gasteiger partial charge in [-0.15, -0.1) is 0 Å². The summed E-state index contributed by atoms with van der Waals surface area (Å²) < 4.78 is 15.4. The molecule has 3 aromatic rings. The third kappa shape index (κ3) is 1.51. The highest BCUT2D eigenvalue weighted by Crippen LogP contribution is 2.28. The van der Waals surface area contributed by atoms with Crippen molar-refractivity contribution in [2.75, 3.05) is 0 Å². The Kier molecular flexibility index (Phi) is 2.40. The number of fused-ring (bicyclic) bond motifs is 1. The van der Waals surface area contributed by atoms with E-state index in [9.17, 15) is 4.39 Å². The molecule has 0 fully saturated rings. The fourth-order valence-electron chi connectivity index (χ4n) is 2.33. The number of aromatic nitrogens is 2. The standard InChI is InChI=1S/C15H13FN2/c1-10-11(2)18(15-5-3-4-8-17-15)14-7-6-12(16)9-13(10)14/h3-9H,1-2H3. The van der Waals surface area contributed by atoms with Gasteiger partial charge in [-0.05, 0) is 49.7 Å². The van der Waals surface area contributed by atoms with E-state index in [2.05, 4.69) is 9.55 Å². The summed E-state index contributed by atoms with van der Waals surface area (Å²) >= 11 is 0. The molecule has 0 bridgehead atoms. The Morgan fingerprint density at radius 3 is 2.67 bits per heavy atom. The molecule has 0 N–H and O–H groups in total. The number of rotatable bonds is 1. The van der Waals surface area contributed by atoms with Crippen LogP contribution in [0.2, 0.25) is 0 Å². The number of aryl methyl sites for hydroxylation is 1. The Hall–Kier alpha value is -2.16. The summed E-state index contributed by atoms with van der Waals surface area (Å²) in [7, 11) is 0. The first kappa shape index (κ1) is 11.0. The zero-order valence-corrected chi connectivity index (χ0v) is 10.3. The molecule has 0 aliphatic carbocycles. The highest BCUT2D eigenvalue weighted by molar-refractivity contribution is 5.86. The number of hydrogen-bond donors (Lipinski definition) is 0. The highest BCUT2D eigenvalue weighted by atomic mass is 19.1. The first-order valence-corrected chi connectivity index (χ1v) is 5.87. The van der Waals surface area contributed by atoms with Crippen LogP contribution in [0.5, 0.6) is 0 Å². The van der Waals surface area contributed by atoms with E-state index in [1.807, 2.05) is 32.0 Å². The summed E-state index contributed by atoms with van der Waals surface area (Å²) in [6, 6.07) is 10.7. The summed E-state index contributed by atoms with van der Waals surface area (Å²) in [5, 5.41) is 0.943. The van der Waals surface area contributed by atoms with Gasteiger partial charge >= 0.3 is 0 Å². The van der Waals surface area contributed by atoms with Crippen molar-refractivity contribution in [3.63, 3.8) is 0 Å². The highest BCUT2D eigenvalue weighted by Gasteiger charge is 2.13. The second-order valence-electron chi connectivity index (χ2n) is 4.40. The van der Waals surface area contributed by atoms with E-state index in [0.29, 0.717) is 0 Å². The number of hydrogen-bond acceptors (Lipinski definition) is 1. The van der Waals surface area contributed by atoms with Gasteiger partial charge in [0.25, 0.3) is 0 Å². The smallest absolute Gasteiger partial charge is 0.137 e. The third-order valence-corrected chi connectivity index (χ3v) is 3.36. The zero-order valence-electron chi connectivity index (χ0n) is 10.3. The SMILES string of the molecule is Cc1c(C)n(-c2ccccn2)c2ccc(F)cc12. The average molecular weight is 240 g/mol. The third-order valence-electron chi connectivity index (χ3n) is 3.36. The number of halogens is 1. The van der Waals surface area contributed by atoms with Crippen LogP contribution in [-0.4, -0.2) is 9.55 Å². The molecule has 18 heavy (non-hydrogen) atoms. The van der Waals surface area contributed by atoms with Gasteiger partial charge in [-0.2, -0.15) is 0 Å². The van der Waals surface area contributed by atoms with Crippen LogP contribution in [0.4, 0.5) is 4.39 Å².